The SMILES string of the molecule is CCCN(CCC)C(=O)c1cc(C)cc(C(N)=O)c1[C@H](Cc1cc(F)cc(F)c1)[C@@H](O)CN[C@@H](CCSC)C(=O)NC. The first-order chi connectivity index (χ1) is 20.0. The smallest absolute Gasteiger partial charge is 0.254 e. The highest BCUT2D eigenvalue weighted by atomic mass is 32.2. The number of primary amides is 1. The molecule has 0 saturated carbocycles. The van der Waals surface area contributed by atoms with Crippen LogP contribution in [0.2, 0.25) is 0 Å². The number of thioether (sulfide) groups is 1. The molecule has 0 radical (unpaired) electrons. The van der Waals surface area contributed by atoms with Crippen LogP contribution in [0.4, 0.5) is 8.78 Å². The molecule has 8 nitrogen and oxygen atoms in total. The van der Waals surface area contributed by atoms with Gasteiger partial charge in [0.15, 0.2) is 0 Å². The second-order valence-corrected chi connectivity index (χ2v) is 11.4. The van der Waals surface area contributed by atoms with Gasteiger partial charge < -0.3 is 26.4 Å². The lowest BCUT2D eigenvalue weighted by atomic mass is 9.80. The number of carbonyl (C=O) groups is 3. The molecular weight excluding hydrogens is 562 g/mol. The minimum atomic E-state index is -1.27. The van der Waals surface area contributed by atoms with E-state index in [2.05, 4.69) is 10.6 Å². The number of nitrogens with two attached hydrogens (primary N) is 1. The Bertz CT molecular complexity index is 1200. The van der Waals surface area contributed by atoms with E-state index in [4.69, 9.17) is 5.73 Å². The van der Waals surface area contributed by atoms with Gasteiger partial charge in [-0.25, -0.2) is 8.78 Å². The maximum absolute atomic E-state index is 14.2. The third-order valence-electron chi connectivity index (χ3n) is 7.05. The van der Waals surface area contributed by atoms with Crippen LogP contribution < -0.4 is 16.4 Å². The molecule has 0 unspecified atom stereocenters. The Labute approximate surface area is 251 Å². The fraction of sp³-hybridized carbons (Fsp3) is 0.516. The third-order valence-corrected chi connectivity index (χ3v) is 7.70. The normalized spacial score (nSPS) is 13.3. The molecule has 0 aromatic heterocycles. The molecule has 232 valence electrons. The number of nitrogens with one attached hydrogen (secondary N) is 2. The molecule has 3 amide bonds. The predicted molar refractivity (Wildman–Crippen MR) is 164 cm³/mol. The summed E-state index contributed by atoms with van der Waals surface area (Å²) in [6, 6.07) is 5.67. The van der Waals surface area contributed by atoms with E-state index in [1.165, 1.54) is 7.05 Å². The molecule has 0 saturated heterocycles. The van der Waals surface area contributed by atoms with E-state index in [-0.39, 0.29) is 47.0 Å². The van der Waals surface area contributed by atoms with Crippen molar-refractivity contribution in [2.24, 2.45) is 5.73 Å². The zero-order chi connectivity index (χ0) is 31.4. The molecule has 2 aromatic carbocycles. The van der Waals surface area contributed by atoms with Crippen LogP contribution in [0.25, 0.3) is 0 Å². The Kier molecular flexibility index (Phi) is 14.4. The van der Waals surface area contributed by atoms with Gasteiger partial charge in [0.2, 0.25) is 11.8 Å². The van der Waals surface area contributed by atoms with Crippen molar-refractivity contribution < 1.29 is 28.3 Å². The highest BCUT2D eigenvalue weighted by molar-refractivity contribution is 7.98. The highest BCUT2D eigenvalue weighted by Crippen LogP contribution is 2.33. The van der Waals surface area contributed by atoms with Crippen LogP contribution in [-0.4, -0.2) is 78.6 Å². The largest absolute Gasteiger partial charge is 0.391 e. The number of benzene rings is 2. The quantitative estimate of drug-likeness (QED) is 0.217. The Balaban J connectivity index is 2.71. The van der Waals surface area contributed by atoms with E-state index in [0.29, 0.717) is 43.7 Å². The molecule has 5 N–H and O–H groups in total. The van der Waals surface area contributed by atoms with Crippen LogP contribution in [0.3, 0.4) is 0 Å². The Morgan fingerprint density at radius 3 is 2.14 bits per heavy atom. The van der Waals surface area contributed by atoms with Crippen LogP contribution >= 0.6 is 11.8 Å². The van der Waals surface area contributed by atoms with Crippen molar-refractivity contribution in [2.45, 2.75) is 64.5 Å². The lowest BCUT2D eigenvalue weighted by Crippen LogP contribution is -2.47. The van der Waals surface area contributed by atoms with Crippen molar-refractivity contribution in [3.05, 3.63) is 69.8 Å². The fourth-order valence-electron chi connectivity index (χ4n) is 5.16. The molecule has 11 heteroatoms. The summed E-state index contributed by atoms with van der Waals surface area (Å²) in [5, 5.41) is 17.4. The number of rotatable bonds is 17. The molecule has 0 aliphatic carbocycles. The van der Waals surface area contributed by atoms with Gasteiger partial charge in [0.1, 0.15) is 11.6 Å². The average molecular weight is 607 g/mol. The molecule has 2 rings (SSSR count). The first-order valence-corrected chi connectivity index (χ1v) is 15.7. The third kappa shape index (κ3) is 9.78. The van der Waals surface area contributed by atoms with Gasteiger partial charge in [0, 0.05) is 49.8 Å². The van der Waals surface area contributed by atoms with E-state index in [9.17, 15) is 28.3 Å². The Morgan fingerprint density at radius 1 is 1.02 bits per heavy atom. The van der Waals surface area contributed by atoms with Crippen molar-refractivity contribution in [2.75, 3.05) is 38.7 Å². The maximum Gasteiger partial charge on any atom is 0.254 e. The first kappa shape index (κ1) is 35.2. The monoisotopic (exact) mass is 606 g/mol. The molecule has 0 spiro atoms. The number of halogens is 2. The number of likely N-dealkylation sites (N-methyl/N-ethyl adjacent to an activating group) is 1. The lowest BCUT2D eigenvalue weighted by molar-refractivity contribution is -0.122. The minimum absolute atomic E-state index is 0.0532. The Morgan fingerprint density at radius 2 is 1.62 bits per heavy atom. The van der Waals surface area contributed by atoms with Crippen molar-refractivity contribution in [1.82, 2.24) is 15.5 Å². The summed E-state index contributed by atoms with van der Waals surface area (Å²) in [4.78, 5) is 41.0. The lowest BCUT2D eigenvalue weighted by Gasteiger charge is -2.31. The molecule has 0 bridgehead atoms. The van der Waals surface area contributed by atoms with Crippen LogP contribution in [0, 0.1) is 18.6 Å². The Hall–Kier alpha value is -3.02. The first-order valence-electron chi connectivity index (χ1n) is 14.3. The van der Waals surface area contributed by atoms with E-state index in [1.54, 1.807) is 35.7 Å². The number of aliphatic hydroxyl groups is 1. The molecule has 0 aliphatic rings. The van der Waals surface area contributed by atoms with Crippen LogP contribution in [0.5, 0.6) is 0 Å². The molecular formula is C31H44F2N4O4S. The number of carbonyl (C=O) groups excluding carboxylic acids is 3. The van der Waals surface area contributed by atoms with Gasteiger partial charge in [-0.3, -0.25) is 14.4 Å². The van der Waals surface area contributed by atoms with Gasteiger partial charge in [0.25, 0.3) is 5.91 Å². The zero-order valence-corrected chi connectivity index (χ0v) is 26.0. The minimum Gasteiger partial charge on any atom is -0.391 e. The summed E-state index contributed by atoms with van der Waals surface area (Å²) in [6.07, 6.45) is 2.48. The van der Waals surface area contributed by atoms with E-state index in [1.807, 2.05) is 20.1 Å². The van der Waals surface area contributed by atoms with Crippen molar-refractivity contribution in [3.63, 3.8) is 0 Å². The highest BCUT2D eigenvalue weighted by Gasteiger charge is 2.33. The van der Waals surface area contributed by atoms with Gasteiger partial charge in [-0.05, 0) is 85.6 Å². The van der Waals surface area contributed by atoms with Crippen molar-refractivity contribution in [1.29, 1.82) is 0 Å². The number of nitrogens with zero attached hydrogens (tertiary/aromatic N) is 1. The van der Waals surface area contributed by atoms with Gasteiger partial charge in [-0.1, -0.05) is 13.8 Å². The molecule has 3 atom stereocenters. The average Bonchev–Trinajstić information content (AvgIpc) is 2.94. The second-order valence-electron chi connectivity index (χ2n) is 10.4. The topological polar surface area (TPSA) is 125 Å². The number of amides is 3. The summed E-state index contributed by atoms with van der Waals surface area (Å²) in [5.74, 6) is -3.23. The van der Waals surface area contributed by atoms with E-state index in [0.717, 1.165) is 18.2 Å². The summed E-state index contributed by atoms with van der Waals surface area (Å²) >= 11 is 1.57. The summed E-state index contributed by atoms with van der Waals surface area (Å²) in [6.45, 7) is 6.53. The number of hydrogen-bond acceptors (Lipinski definition) is 6. The molecule has 0 aliphatic heterocycles. The molecule has 0 fully saturated rings. The van der Waals surface area contributed by atoms with Gasteiger partial charge in [0.05, 0.1) is 12.1 Å². The standard InChI is InChI=1S/C31H44F2N4O4S/c1-6-9-37(10-7-2)31(41)25-13-19(3)12-24(29(34)39)28(25)23(16-20-14-21(32)17-22(33)15-20)27(38)18-36-26(8-11-42-5)30(40)35-4/h12-15,17,23,26-27,36,38H,6-11,16,18H2,1-5H3,(H2,34,39)(H,35,40)/t23-,26+,27+/m1/s1. The molecule has 0 heterocycles. The number of aliphatic hydroxyl groups excluding tert-OH is 1. The fourth-order valence-corrected chi connectivity index (χ4v) is 5.63. The van der Waals surface area contributed by atoms with Gasteiger partial charge >= 0.3 is 0 Å². The zero-order valence-electron chi connectivity index (χ0n) is 25.1. The molecule has 42 heavy (non-hydrogen) atoms. The van der Waals surface area contributed by atoms with Gasteiger partial charge in [-0.2, -0.15) is 11.8 Å². The van der Waals surface area contributed by atoms with E-state index < -0.39 is 35.6 Å². The van der Waals surface area contributed by atoms with E-state index >= 15 is 0 Å². The number of hydrogen-bond donors (Lipinski definition) is 4. The maximum atomic E-state index is 14.2. The summed E-state index contributed by atoms with van der Waals surface area (Å²) < 4.78 is 28.5. The molecule has 2 aromatic rings. The van der Waals surface area contributed by atoms with Crippen molar-refractivity contribution in [3.8, 4) is 0 Å². The van der Waals surface area contributed by atoms with Crippen LogP contribution in [-0.2, 0) is 11.2 Å². The predicted octanol–water partition coefficient (Wildman–Crippen LogP) is 3.78. The van der Waals surface area contributed by atoms with Crippen molar-refractivity contribution >= 4 is 29.5 Å². The summed E-state index contributed by atoms with van der Waals surface area (Å²) in [7, 11) is 1.52. The number of aryl methyl sites for hydroxylation is 1. The van der Waals surface area contributed by atoms with Crippen LogP contribution in [0.15, 0.2) is 30.3 Å². The van der Waals surface area contributed by atoms with Gasteiger partial charge in [-0.15, -0.1) is 0 Å². The van der Waals surface area contributed by atoms with Crippen LogP contribution in [0.1, 0.15) is 76.4 Å². The summed E-state index contributed by atoms with van der Waals surface area (Å²) in [5.41, 5.74) is 7.16. The second kappa shape index (κ2) is 17.2.